The molecule has 0 unspecified atom stereocenters. The molecule has 0 saturated carbocycles. The molecule has 0 spiro atoms. The fourth-order valence-electron chi connectivity index (χ4n) is 3.39. The average Bonchev–Trinajstić information content (AvgIpc) is 2.95. The van der Waals surface area contributed by atoms with E-state index < -0.39 is 0 Å². The van der Waals surface area contributed by atoms with Gasteiger partial charge in [-0.25, -0.2) is 4.98 Å². The minimum atomic E-state index is -0.176. The maximum absolute atomic E-state index is 12.6. The number of aryl methyl sites for hydroxylation is 1. The molecule has 0 bridgehead atoms. The number of carbonyl (C=O) groups excluding carboxylic acids is 1. The molecule has 31 heavy (non-hydrogen) atoms. The Hall–Kier alpha value is -3.12. The lowest BCUT2D eigenvalue weighted by Crippen LogP contribution is -2.26. The first-order valence-electron chi connectivity index (χ1n) is 10.0. The minimum Gasteiger partial charge on any atom is -0.459 e. The number of fused-ring (bicyclic) bond motifs is 2. The number of carbonyl (C=O) groups is 1. The number of aromatic nitrogens is 1. The molecule has 0 radical (unpaired) electrons. The predicted octanol–water partition coefficient (Wildman–Crippen LogP) is 4.85. The highest BCUT2D eigenvalue weighted by Crippen LogP contribution is 2.26. The lowest BCUT2D eigenvalue weighted by atomic mass is 10.1. The summed E-state index contributed by atoms with van der Waals surface area (Å²) in [5, 5.41) is 4.41. The Morgan fingerprint density at radius 2 is 2.10 bits per heavy atom. The number of hydrogen-bond donors (Lipinski definition) is 1. The number of nitrogens with one attached hydrogen (secondary N) is 1. The number of nitrogens with zero attached hydrogens (tertiary/aromatic N) is 3. The molecule has 2 aromatic heterocycles. The number of amides is 1. The number of hydrogen-bond acceptors (Lipinski definition) is 5. The van der Waals surface area contributed by atoms with Crippen molar-refractivity contribution in [2.45, 2.75) is 32.9 Å². The number of pyridine rings is 1. The first kappa shape index (κ1) is 22.6. The van der Waals surface area contributed by atoms with Crippen molar-refractivity contribution in [3.8, 4) is 0 Å². The largest absolute Gasteiger partial charge is 0.459 e. The van der Waals surface area contributed by atoms with Crippen LogP contribution in [0, 0.1) is 6.92 Å². The highest BCUT2D eigenvalue weighted by molar-refractivity contribution is 5.93. The molecule has 3 aromatic rings. The second-order valence-electron chi connectivity index (χ2n) is 8.30. The zero-order valence-corrected chi connectivity index (χ0v) is 19.0. The van der Waals surface area contributed by atoms with Crippen LogP contribution in [0.25, 0.3) is 17.0 Å². The van der Waals surface area contributed by atoms with Crippen LogP contribution in [-0.2, 0) is 11.3 Å². The summed E-state index contributed by atoms with van der Waals surface area (Å²) in [4.78, 5) is 23.3. The lowest BCUT2D eigenvalue weighted by molar-refractivity contribution is -0.125. The number of halogens is 1. The Bertz CT molecular complexity index is 1160. The van der Waals surface area contributed by atoms with Crippen LogP contribution < -0.4 is 5.32 Å². The third-order valence-corrected chi connectivity index (χ3v) is 5.30. The topological polar surface area (TPSA) is 70.7 Å². The third kappa shape index (κ3) is 4.97. The average molecular weight is 439 g/mol. The first-order chi connectivity index (χ1) is 14.3. The van der Waals surface area contributed by atoms with E-state index >= 15 is 0 Å². The van der Waals surface area contributed by atoms with Crippen LogP contribution in [-0.4, -0.2) is 41.1 Å². The van der Waals surface area contributed by atoms with Crippen molar-refractivity contribution in [3.05, 3.63) is 65.1 Å². The van der Waals surface area contributed by atoms with Gasteiger partial charge in [0, 0.05) is 48.6 Å². The molecule has 1 amide bonds. The Labute approximate surface area is 188 Å². The molecule has 7 heteroatoms. The van der Waals surface area contributed by atoms with Crippen molar-refractivity contribution in [1.29, 1.82) is 0 Å². The molecule has 0 atom stereocenters. The molecule has 0 saturated heterocycles. The van der Waals surface area contributed by atoms with Gasteiger partial charge < -0.3 is 14.6 Å². The minimum absolute atomic E-state index is 0. The molecular weight excluding hydrogens is 412 g/mol. The van der Waals surface area contributed by atoms with E-state index in [-0.39, 0.29) is 23.9 Å². The zero-order valence-electron chi connectivity index (χ0n) is 18.2. The van der Waals surface area contributed by atoms with Crippen LogP contribution >= 0.6 is 12.4 Å². The van der Waals surface area contributed by atoms with Gasteiger partial charge in [-0.05, 0) is 44.5 Å². The molecule has 1 aliphatic rings. The summed E-state index contributed by atoms with van der Waals surface area (Å²) in [5.41, 5.74) is 3.50. The second-order valence-corrected chi connectivity index (χ2v) is 8.30. The fourth-order valence-corrected chi connectivity index (χ4v) is 3.39. The smallest absolute Gasteiger partial charge is 0.246 e. The normalized spacial score (nSPS) is 14.6. The molecule has 1 aliphatic heterocycles. The summed E-state index contributed by atoms with van der Waals surface area (Å²) < 4.78 is 5.92. The summed E-state index contributed by atoms with van der Waals surface area (Å²) in [7, 11) is 1.77. The van der Waals surface area contributed by atoms with Crippen molar-refractivity contribution in [1.82, 2.24) is 9.88 Å². The Morgan fingerprint density at radius 3 is 2.87 bits per heavy atom. The number of rotatable bonds is 4. The fraction of sp³-hybridized carbons (Fsp3) is 0.292. The van der Waals surface area contributed by atoms with Crippen LogP contribution in [0.15, 0.2) is 52.0 Å². The van der Waals surface area contributed by atoms with Gasteiger partial charge >= 0.3 is 0 Å². The van der Waals surface area contributed by atoms with E-state index in [2.05, 4.69) is 29.1 Å². The van der Waals surface area contributed by atoms with Crippen LogP contribution in [0.2, 0.25) is 0 Å². The van der Waals surface area contributed by atoms with Gasteiger partial charge in [-0.2, -0.15) is 0 Å². The number of furan rings is 1. The summed E-state index contributed by atoms with van der Waals surface area (Å²) in [6, 6.07) is 9.89. The van der Waals surface area contributed by atoms with Crippen molar-refractivity contribution in [2.24, 2.45) is 4.99 Å². The molecule has 1 N–H and O–H groups in total. The van der Waals surface area contributed by atoms with E-state index in [1.54, 1.807) is 30.3 Å². The maximum atomic E-state index is 12.6. The number of aliphatic imine (C=N–C) groups is 1. The van der Waals surface area contributed by atoms with Crippen molar-refractivity contribution in [2.75, 3.05) is 18.9 Å². The standard InChI is InChI=1S/C24H26N4O2.ClH/c1-16-19-7-5-6-8-20(19)30-21(16)14-28(4)22(29)10-9-17-11-18-13-27-24(2,3)15-26-23(18)25-12-17;/h5-13H,14-15H2,1-4H3,(H,25,26);1H. The number of para-hydroxylation sites is 1. The van der Waals surface area contributed by atoms with Gasteiger partial charge in [0.25, 0.3) is 0 Å². The third-order valence-electron chi connectivity index (χ3n) is 5.30. The lowest BCUT2D eigenvalue weighted by Gasteiger charge is -2.17. The summed E-state index contributed by atoms with van der Waals surface area (Å²) >= 11 is 0. The van der Waals surface area contributed by atoms with E-state index in [1.165, 1.54) is 0 Å². The Morgan fingerprint density at radius 1 is 1.32 bits per heavy atom. The maximum Gasteiger partial charge on any atom is 0.246 e. The number of anilines is 1. The zero-order chi connectivity index (χ0) is 21.3. The molecule has 3 heterocycles. The molecule has 0 fully saturated rings. The van der Waals surface area contributed by atoms with Crippen molar-refractivity contribution >= 4 is 47.4 Å². The molecule has 162 valence electrons. The van der Waals surface area contributed by atoms with E-state index in [0.29, 0.717) is 6.54 Å². The highest BCUT2D eigenvalue weighted by atomic mass is 35.5. The van der Waals surface area contributed by atoms with Gasteiger partial charge in [0.15, 0.2) is 0 Å². The predicted molar refractivity (Wildman–Crippen MR) is 128 cm³/mol. The highest BCUT2D eigenvalue weighted by Gasteiger charge is 2.19. The van der Waals surface area contributed by atoms with Crippen LogP contribution in [0.3, 0.4) is 0 Å². The summed E-state index contributed by atoms with van der Waals surface area (Å²) in [6.45, 7) is 7.30. The summed E-state index contributed by atoms with van der Waals surface area (Å²) in [6.07, 6.45) is 6.94. The Kier molecular flexibility index (Phi) is 6.51. The van der Waals surface area contributed by atoms with Crippen LogP contribution in [0.1, 0.15) is 36.3 Å². The van der Waals surface area contributed by atoms with Gasteiger partial charge in [0.1, 0.15) is 17.2 Å². The molecule has 6 nitrogen and oxygen atoms in total. The molecular formula is C24H27ClN4O2. The van der Waals surface area contributed by atoms with Gasteiger partial charge in [-0.1, -0.05) is 18.2 Å². The second kappa shape index (κ2) is 8.94. The molecule has 4 rings (SSSR count). The number of likely N-dealkylation sites (N-methyl/N-ethyl adjacent to an activating group) is 1. The van der Waals surface area contributed by atoms with Gasteiger partial charge in [-0.3, -0.25) is 9.79 Å². The van der Waals surface area contributed by atoms with E-state index in [9.17, 15) is 4.79 Å². The van der Waals surface area contributed by atoms with E-state index in [4.69, 9.17) is 4.42 Å². The van der Waals surface area contributed by atoms with Gasteiger partial charge in [0.2, 0.25) is 5.91 Å². The molecule has 1 aromatic carbocycles. The monoisotopic (exact) mass is 438 g/mol. The summed E-state index contributed by atoms with van der Waals surface area (Å²) in [5.74, 6) is 1.51. The van der Waals surface area contributed by atoms with Crippen molar-refractivity contribution < 1.29 is 9.21 Å². The number of benzene rings is 1. The molecule has 0 aliphatic carbocycles. The van der Waals surface area contributed by atoms with Crippen LogP contribution in [0.4, 0.5) is 5.82 Å². The quantitative estimate of drug-likeness (QED) is 0.591. The van der Waals surface area contributed by atoms with Gasteiger partial charge in [0.05, 0.1) is 12.1 Å². The van der Waals surface area contributed by atoms with Crippen molar-refractivity contribution in [3.63, 3.8) is 0 Å². The SMILES string of the molecule is Cc1c(CN(C)C(=O)C=Cc2cnc3c(c2)C=NC(C)(C)CN3)oc2ccccc12.Cl. The first-order valence-corrected chi connectivity index (χ1v) is 10.0. The van der Waals surface area contributed by atoms with Crippen LogP contribution in [0.5, 0.6) is 0 Å². The van der Waals surface area contributed by atoms with E-state index in [1.807, 2.05) is 43.5 Å². The van der Waals surface area contributed by atoms with E-state index in [0.717, 1.165) is 45.8 Å². The van der Waals surface area contributed by atoms with Gasteiger partial charge in [-0.15, -0.1) is 12.4 Å². The Balaban J connectivity index is 0.00000272.